The molecule has 0 bridgehead atoms. The second-order valence-electron chi connectivity index (χ2n) is 5.75. The average Bonchev–Trinajstić information content (AvgIpc) is 2.70. The van der Waals surface area contributed by atoms with Crippen molar-refractivity contribution >= 4 is 17.3 Å². The van der Waals surface area contributed by atoms with E-state index in [0.717, 1.165) is 0 Å². The first-order valence-electron chi connectivity index (χ1n) is 8.36. The maximum Gasteiger partial charge on any atom is 0.273 e. The van der Waals surface area contributed by atoms with Gasteiger partial charge in [0.2, 0.25) is 11.8 Å². The van der Waals surface area contributed by atoms with Crippen LogP contribution in [-0.2, 0) is 11.2 Å². The Morgan fingerprint density at radius 1 is 1.07 bits per heavy atom. The summed E-state index contributed by atoms with van der Waals surface area (Å²) < 4.78 is 10.9. The summed E-state index contributed by atoms with van der Waals surface area (Å²) in [6.45, 7) is 0. The number of pyridine rings is 1. The van der Waals surface area contributed by atoms with Crippen LogP contribution >= 0.6 is 0 Å². The van der Waals surface area contributed by atoms with Gasteiger partial charge in [-0.05, 0) is 18.2 Å². The van der Waals surface area contributed by atoms with E-state index >= 15 is 0 Å². The Bertz CT molecular complexity index is 989. The zero-order chi connectivity index (χ0) is 19.9. The van der Waals surface area contributed by atoms with Crippen LogP contribution in [0.5, 0.6) is 17.4 Å². The lowest BCUT2D eigenvalue weighted by Gasteiger charge is -2.10. The predicted octanol–water partition coefficient (Wildman–Crippen LogP) is 3.97. The Kier molecular flexibility index (Phi) is 5.81. The molecular weight excluding hydrogens is 362 g/mol. The first kappa shape index (κ1) is 18.8. The zero-order valence-corrected chi connectivity index (χ0v) is 15.0. The topological polar surface area (TPSA) is 104 Å². The number of carbonyl (C=O) groups is 1. The molecule has 1 aromatic heterocycles. The number of benzene rings is 2. The lowest BCUT2D eigenvalue weighted by atomic mass is 10.1. The normalized spacial score (nSPS) is 10.2. The summed E-state index contributed by atoms with van der Waals surface area (Å²) in [6, 6.07) is 16.5. The number of nitro benzene ring substituents is 1. The monoisotopic (exact) mass is 379 g/mol. The minimum absolute atomic E-state index is 0.0867. The van der Waals surface area contributed by atoms with Crippen LogP contribution in [0, 0.1) is 10.1 Å². The predicted molar refractivity (Wildman–Crippen MR) is 103 cm³/mol. The third-order valence-corrected chi connectivity index (χ3v) is 3.84. The molecule has 1 N–H and O–H groups in total. The summed E-state index contributed by atoms with van der Waals surface area (Å²) in [7, 11) is 1.55. The van der Waals surface area contributed by atoms with E-state index in [0.29, 0.717) is 28.6 Å². The van der Waals surface area contributed by atoms with Gasteiger partial charge in [-0.3, -0.25) is 14.9 Å². The van der Waals surface area contributed by atoms with Gasteiger partial charge >= 0.3 is 0 Å². The van der Waals surface area contributed by atoms with Crippen molar-refractivity contribution in [2.75, 3.05) is 12.4 Å². The minimum atomic E-state index is -0.506. The molecule has 0 saturated carbocycles. The van der Waals surface area contributed by atoms with Crippen molar-refractivity contribution in [3.63, 3.8) is 0 Å². The minimum Gasteiger partial charge on any atom is -0.493 e. The molecule has 1 heterocycles. The van der Waals surface area contributed by atoms with Gasteiger partial charge in [-0.15, -0.1) is 0 Å². The Hall–Kier alpha value is -3.94. The Balaban J connectivity index is 1.64. The number of hydrogen-bond acceptors (Lipinski definition) is 6. The molecule has 28 heavy (non-hydrogen) atoms. The second-order valence-corrected chi connectivity index (χ2v) is 5.75. The van der Waals surface area contributed by atoms with Crippen LogP contribution in [0.15, 0.2) is 66.9 Å². The number of para-hydroxylation sites is 3. The van der Waals surface area contributed by atoms with Crippen LogP contribution in [-0.4, -0.2) is 22.9 Å². The van der Waals surface area contributed by atoms with Crippen molar-refractivity contribution in [3.05, 3.63) is 82.5 Å². The van der Waals surface area contributed by atoms with Crippen LogP contribution in [0.2, 0.25) is 0 Å². The van der Waals surface area contributed by atoms with Crippen molar-refractivity contribution in [2.45, 2.75) is 6.42 Å². The van der Waals surface area contributed by atoms with Crippen LogP contribution in [0.3, 0.4) is 0 Å². The van der Waals surface area contributed by atoms with E-state index in [1.54, 1.807) is 49.6 Å². The van der Waals surface area contributed by atoms with E-state index in [1.165, 1.54) is 12.3 Å². The largest absolute Gasteiger partial charge is 0.493 e. The van der Waals surface area contributed by atoms with Gasteiger partial charge in [-0.2, -0.15) is 0 Å². The highest BCUT2D eigenvalue weighted by atomic mass is 16.6. The van der Waals surface area contributed by atoms with Crippen molar-refractivity contribution < 1.29 is 19.2 Å². The van der Waals surface area contributed by atoms with E-state index in [4.69, 9.17) is 9.47 Å². The SMILES string of the molecule is COc1ccccc1Oc1ccc(NC(=O)Cc2ccccc2[N+](=O)[O-])cn1. The number of aromatic nitrogens is 1. The van der Waals surface area contributed by atoms with Gasteiger partial charge in [0.25, 0.3) is 5.69 Å². The van der Waals surface area contributed by atoms with Crippen molar-refractivity contribution in [1.29, 1.82) is 0 Å². The number of hydrogen-bond donors (Lipinski definition) is 1. The van der Waals surface area contributed by atoms with Crippen LogP contribution in [0.1, 0.15) is 5.56 Å². The van der Waals surface area contributed by atoms with Crippen molar-refractivity contribution in [1.82, 2.24) is 4.98 Å². The number of nitro groups is 1. The molecule has 0 fully saturated rings. The molecule has 8 heteroatoms. The first-order chi connectivity index (χ1) is 13.6. The van der Waals surface area contributed by atoms with Crippen molar-refractivity contribution in [3.8, 4) is 17.4 Å². The summed E-state index contributed by atoms with van der Waals surface area (Å²) in [5.74, 6) is 1.05. The Labute approximate surface area is 160 Å². The number of nitrogens with zero attached hydrogens (tertiary/aromatic N) is 2. The summed E-state index contributed by atoms with van der Waals surface area (Å²) in [4.78, 5) is 26.9. The zero-order valence-electron chi connectivity index (χ0n) is 15.0. The molecular formula is C20H17N3O5. The molecule has 8 nitrogen and oxygen atoms in total. The van der Waals surface area contributed by atoms with Crippen molar-refractivity contribution in [2.24, 2.45) is 0 Å². The molecule has 0 aliphatic rings. The summed E-state index contributed by atoms with van der Waals surface area (Å²) >= 11 is 0. The lowest BCUT2D eigenvalue weighted by molar-refractivity contribution is -0.385. The summed E-state index contributed by atoms with van der Waals surface area (Å²) in [5, 5.41) is 13.7. The number of methoxy groups -OCH3 is 1. The molecule has 3 rings (SSSR count). The fourth-order valence-electron chi connectivity index (χ4n) is 2.55. The molecule has 142 valence electrons. The number of rotatable bonds is 7. The lowest BCUT2D eigenvalue weighted by Crippen LogP contribution is -2.15. The first-order valence-corrected chi connectivity index (χ1v) is 8.36. The van der Waals surface area contributed by atoms with Gasteiger partial charge in [-0.25, -0.2) is 4.98 Å². The molecule has 0 aliphatic carbocycles. The molecule has 0 aliphatic heterocycles. The maximum atomic E-state index is 12.2. The molecule has 0 spiro atoms. The number of amides is 1. The average molecular weight is 379 g/mol. The Morgan fingerprint density at radius 3 is 2.46 bits per heavy atom. The van der Waals surface area contributed by atoms with E-state index in [9.17, 15) is 14.9 Å². The molecule has 0 radical (unpaired) electrons. The van der Waals surface area contributed by atoms with Gasteiger partial charge in [0.15, 0.2) is 11.5 Å². The second kappa shape index (κ2) is 8.63. The molecule has 0 saturated heterocycles. The fourth-order valence-corrected chi connectivity index (χ4v) is 2.55. The fraction of sp³-hybridized carbons (Fsp3) is 0.100. The molecule has 1 amide bonds. The van der Waals surface area contributed by atoms with Gasteiger partial charge < -0.3 is 14.8 Å². The highest BCUT2D eigenvalue weighted by Gasteiger charge is 2.15. The third-order valence-electron chi connectivity index (χ3n) is 3.84. The van der Waals surface area contributed by atoms with E-state index in [1.807, 2.05) is 12.1 Å². The maximum absolute atomic E-state index is 12.2. The number of carbonyl (C=O) groups excluding carboxylic acids is 1. The van der Waals surface area contributed by atoms with E-state index in [2.05, 4.69) is 10.3 Å². The van der Waals surface area contributed by atoms with Gasteiger partial charge in [0.05, 0.1) is 30.3 Å². The number of nitrogens with one attached hydrogen (secondary N) is 1. The smallest absolute Gasteiger partial charge is 0.273 e. The van der Waals surface area contributed by atoms with Gasteiger partial charge in [-0.1, -0.05) is 30.3 Å². The Morgan fingerprint density at radius 2 is 1.79 bits per heavy atom. The van der Waals surface area contributed by atoms with Gasteiger partial charge in [0.1, 0.15) is 0 Å². The third kappa shape index (κ3) is 4.61. The standard InChI is InChI=1S/C20H17N3O5/c1-27-17-8-4-5-9-18(17)28-20-11-10-15(13-21-20)22-19(24)12-14-6-2-3-7-16(14)23(25)26/h2-11,13H,12H2,1H3,(H,22,24). The highest BCUT2D eigenvalue weighted by molar-refractivity contribution is 5.92. The van der Waals surface area contributed by atoms with E-state index in [-0.39, 0.29) is 18.0 Å². The van der Waals surface area contributed by atoms with Crippen LogP contribution in [0.4, 0.5) is 11.4 Å². The van der Waals surface area contributed by atoms with Gasteiger partial charge in [0, 0.05) is 17.7 Å². The quantitative estimate of drug-likeness (QED) is 0.492. The summed E-state index contributed by atoms with van der Waals surface area (Å²) in [6.07, 6.45) is 1.33. The highest BCUT2D eigenvalue weighted by Crippen LogP contribution is 2.30. The molecule has 2 aromatic carbocycles. The molecule has 0 unspecified atom stereocenters. The summed E-state index contributed by atoms with van der Waals surface area (Å²) in [5.41, 5.74) is 0.710. The number of anilines is 1. The van der Waals surface area contributed by atoms with Crippen LogP contribution < -0.4 is 14.8 Å². The van der Waals surface area contributed by atoms with Crippen LogP contribution in [0.25, 0.3) is 0 Å². The number of ether oxygens (including phenoxy) is 2. The molecule has 0 atom stereocenters. The van der Waals surface area contributed by atoms with E-state index < -0.39 is 4.92 Å². The molecule has 3 aromatic rings.